The van der Waals surface area contributed by atoms with E-state index >= 15 is 0 Å². The van der Waals surface area contributed by atoms with E-state index in [1.54, 1.807) is 0 Å². The van der Waals surface area contributed by atoms with Crippen LogP contribution in [0.4, 0.5) is 0 Å². The number of hydrogen-bond acceptors (Lipinski definition) is 2. The smallest absolute Gasteiger partial charge is 0.138 e. The molecule has 0 saturated heterocycles. The van der Waals surface area contributed by atoms with Crippen molar-refractivity contribution in [2.75, 3.05) is 13.2 Å². The third-order valence-corrected chi connectivity index (χ3v) is 3.45. The van der Waals surface area contributed by atoms with Gasteiger partial charge in [-0.15, -0.1) is 11.6 Å². The Kier molecular flexibility index (Phi) is 5.55. The molecule has 2 rings (SSSR count). The molecule has 2 aromatic carbocycles. The summed E-state index contributed by atoms with van der Waals surface area (Å²) < 4.78 is 12.2. The quantitative estimate of drug-likeness (QED) is 0.562. The van der Waals surface area contributed by atoms with E-state index in [1.165, 1.54) is 0 Å². The zero-order valence-electron chi connectivity index (χ0n) is 10.3. The molecule has 0 aliphatic heterocycles. The highest BCUT2D eigenvalue weighted by atomic mass is 79.9. The normalized spacial score (nSPS) is 10.2. The lowest BCUT2D eigenvalue weighted by molar-refractivity contribution is 0.215. The first-order valence-electron chi connectivity index (χ1n) is 5.95. The first-order chi connectivity index (χ1) is 9.31. The van der Waals surface area contributed by atoms with Crippen LogP contribution in [0.1, 0.15) is 5.56 Å². The van der Waals surface area contributed by atoms with Crippen LogP contribution in [0, 0.1) is 0 Å². The van der Waals surface area contributed by atoms with Gasteiger partial charge in [0.1, 0.15) is 24.7 Å². The van der Waals surface area contributed by atoms with E-state index in [-0.39, 0.29) is 0 Å². The van der Waals surface area contributed by atoms with Gasteiger partial charge in [-0.3, -0.25) is 0 Å². The van der Waals surface area contributed by atoms with E-state index in [9.17, 15) is 0 Å². The summed E-state index contributed by atoms with van der Waals surface area (Å²) in [6, 6.07) is 15.5. The minimum Gasteiger partial charge on any atom is -0.490 e. The molecule has 0 bridgehead atoms. The summed E-state index contributed by atoms with van der Waals surface area (Å²) in [5.41, 5.74) is 0.968. The van der Waals surface area contributed by atoms with E-state index in [2.05, 4.69) is 15.9 Å². The monoisotopic (exact) mass is 340 g/mol. The second kappa shape index (κ2) is 7.41. The van der Waals surface area contributed by atoms with Crippen molar-refractivity contribution in [3.63, 3.8) is 0 Å². The summed E-state index contributed by atoms with van der Waals surface area (Å²) >= 11 is 9.34. The number of ether oxygens (including phenoxy) is 2. The van der Waals surface area contributed by atoms with E-state index in [4.69, 9.17) is 21.1 Å². The summed E-state index contributed by atoms with van der Waals surface area (Å²) in [4.78, 5) is 0. The average molecular weight is 342 g/mol. The molecule has 2 aromatic rings. The maximum absolute atomic E-state index is 5.88. The molecule has 0 radical (unpaired) electrons. The molecule has 0 atom stereocenters. The Morgan fingerprint density at radius 3 is 2.37 bits per heavy atom. The SMILES string of the molecule is ClCc1cccc(Br)c1OCCOc1ccccc1. The van der Waals surface area contributed by atoms with Crippen molar-refractivity contribution in [2.24, 2.45) is 0 Å². The lowest BCUT2D eigenvalue weighted by Crippen LogP contribution is -2.10. The number of rotatable bonds is 6. The highest BCUT2D eigenvalue weighted by molar-refractivity contribution is 9.10. The first kappa shape index (κ1) is 14.2. The number of alkyl halides is 1. The summed E-state index contributed by atoms with van der Waals surface area (Å²) in [6.45, 7) is 0.967. The Morgan fingerprint density at radius 1 is 0.895 bits per heavy atom. The second-order valence-electron chi connectivity index (χ2n) is 3.87. The summed E-state index contributed by atoms with van der Waals surface area (Å²) in [5.74, 6) is 2.05. The lowest BCUT2D eigenvalue weighted by atomic mass is 10.2. The maximum atomic E-state index is 5.88. The number of benzene rings is 2. The van der Waals surface area contributed by atoms with E-state index in [0.717, 1.165) is 21.5 Å². The van der Waals surface area contributed by atoms with Gasteiger partial charge in [0.05, 0.1) is 10.4 Å². The third-order valence-electron chi connectivity index (χ3n) is 2.53. The largest absolute Gasteiger partial charge is 0.490 e. The van der Waals surface area contributed by atoms with Crippen LogP contribution in [0.5, 0.6) is 11.5 Å². The van der Waals surface area contributed by atoms with Gasteiger partial charge in [0, 0.05) is 5.56 Å². The van der Waals surface area contributed by atoms with Gasteiger partial charge in [-0.05, 0) is 34.1 Å². The predicted molar refractivity (Wildman–Crippen MR) is 81.1 cm³/mol. The van der Waals surface area contributed by atoms with Crippen molar-refractivity contribution in [3.05, 3.63) is 58.6 Å². The zero-order chi connectivity index (χ0) is 13.5. The number of halogens is 2. The molecular weight excluding hydrogens is 328 g/mol. The van der Waals surface area contributed by atoms with Gasteiger partial charge in [-0.25, -0.2) is 0 Å². The fourth-order valence-electron chi connectivity index (χ4n) is 1.64. The van der Waals surface area contributed by atoms with E-state index in [0.29, 0.717) is 19.1 Å². The van der Waals surface area contributed by atoms with Gasteiger partial charge in [-0.1, -0.05) is 30.3 Å². The van der Waals surface area contributed by atoms with Gasteiger partial charge in [-0.2, -0.15) is 0 Å². The van der Waals surface area contributed by atoms with Gasteiger partial charge in [0.15, 0.2) is 0 Å². The van der Waals surface area contributed by atoms with Gasteiger partial charge in [0.2, 0.25) is 0 Å². The fourth-order valence-corrected chi connectivity index (χ4v) is 2.37. The molecule has 100 valence electrons. The second-order valence-corrected chi connectivity index (χ2v) is 4.99. The Balaban J connectivity index is 1.86. The predicted octanol–water partition coefficient (Wildman–Crippen LogP) is 4.65. The Morgan fingerprint density at radius 2 is 1.63 bits per heavy atom. The van der Waals surface area contributed by atoms with Crippen molar-refractivity contribution in [2.45, 2.75) is 5.88 Å². The average Bonchev–Trinajstić information content (AvgIpc) is 2.46. The molecule has 2 nitrogen and oxygen atoms in total. The summed E-state index contributed by atoms with van der Waals surface area (Å²) in [7, 11) is 0. The van der Waals surface area contributed by atoms with Crippen molar-refractivity contribution in [3.8, 4) is 11.5 Å². The molecule has 19 heavy (non-hydrogen) atoms. The standard InChI is InChI=1S/C15H14BrClO2/c16-14-8-4-5-12(11-17)15(14)19-10-9-18-13-6-2-1-3-7-13/h1-8H,9-11H2. The molecule has 0 spiro atoms. The van der Waals surface area contributed by atoms with Crippen LogP contribution in [-0.2, 0) is 5.88 Å². The number of hydrogen-bond donors (Lipinski definition) is 0. The molecule has 0 saturated carbocycles. The third kappa shape index (κ3) is 4.15. The van der Waals surface area contributed by atoms with Gasteiger partial charge < -0.3 is 9.47 Å². The molecule has 4 heteroatoms. The highest BCUT2D eigenvalue weighted by Gasteiger charge is 2.07. The molecule has 0 N–H and O–H groups in total. The molecule has 0 aliphatic carbocycles. The zero-order valence-corrected chi connectivity index (χ0v) is 12.7. The van der Waals surface area contributed by atoms with Crippen molar-refractivity contribution in [1.82, 2.24) is 0 Å². The topological polar surface area (TPSA) is 18.5 Å². The minimum atomic E-state index is 0.425. The first-order valence-corrected chi connectivity index (χ1v) is 7.28. The van der Waals surface area contributed by atoms with Crippen LogP contribution in [0.3, 0.4) is 0 Å². The van der Waals surface area contributed by atoms with Crippen LogP contribution in [0.25, 0.3) is 0 Å². The van der Waals surface area contributed by atoms with Crippen molar-refractivity contribution >= 4 is 27.5 Å². The van der Waals surface area contributed by atoms with E-state index < -0.39 is 0 Å². The number of para-hydroxylation sites is 2. The van der Waals surface area contributed by atoms with E-state index in [1.807, 2.05) is 48.5 Å². The van der Waals surface area contributed by atoms with Crippen LogP contribution in [-0.4, -0.2) is 13.2 Å². The summed E-state index contributed by atoms with van der Waals surface area (Å²) in [5, 5.41) is 0. The van der Waals surface area contributed by atoms with Crippen molar-refractivity contribution in [1.29, 1.82) is 0 Å². The molecule has 0 unspecified atom stereocenters. The highest BCUT2D eigenvalue weighted by Crippen LogP contribution is 2.30. The molecule has 0 fully saturated rings. The summed E-state index contributed by atoms with van der Waals surface area (Å²) in [6.07, 6.45) is 0. The Labute approximate surface area is 126 Å². The maximum Gasteiger partial charge on any atom is 0.138 e. The van der Waals surface area contributed by atoms with Crippen LogP contribution in [0.15, 0.2) is 53.0 Å². The van der Waals surface area contributed by atoms with Crippen LogP contribution in [0.2, 0.25) is 0 Å². The lowest BCUT2D eigenvalue weighted by Gasteiger charge is -2.12. The molecule has 0 aliphatic rings. The minimum absolute atomic E-state index is 0.425. The fraction of sp³-hybridized carbons (Fsp3) is 0.200. The van der Waals surface area contributed by atoms with Crippen LogP contribution >= 0.6 is 27.5 Å². The Bertz CT molecular complexity index is 517. The van der Waals surface area contributed by atoms with Gasteiger partial charge in [0.25, 0.3) is 0 Å². The van der Waals surface area contributed by atoms with Crippen LogP contribution < -0.4 is 9.47 Å². The van der Waals surface area contributed by atoms with Crippen molar-refractivity contribution < 1.29 is 9.47 Å². The molecule has 0 aromatic heterocycles. The van der Waals surface area contributed by atoms with Gasteiger partial charge >= 0.3 is 0 Å². The molecule has 0 amide bonds. The molecular formula is C15H14BrClO2. The molecule has 0 heterocycles. The Hall–Kier alpha value is -1.19.